The second-order valence-corrected chi connectivity index (χ2v) is 5.91. The highest BCUT2D eigenvalue weighted by molar-refractivity contribution is 9.10. The molecular formula is C21H17Br. The van der Waals surface area contributed by atoms with Crippen molar-refractivity contribution in [3.8, 4) is 11.1 Å². The largest absolute Gasteiger partial charge is 0.0990 e. The maximum absolute atomic E-state index is 3.89. The number of allylic oxidation sites excluding steroid dienone is 1. The van der Waals surface area contributed by atoms with Gasteiger partial charge in [0.2, 0.25) is 0 Å². The van der Waals surface area contributed by atoms with E-state index in [4.69, 9.17) is 0 Å². The first kappa shape index (κ1) is 14.8. The summed E-state index contributed by atoms with van der Waals surface area (Å²) < 4.78 is 1.14. The first-order chi connectivity index (χ1) is 10.8. The number of halogens is 1. The molecule has 0 heterocycles. The molecule has 0 atom stereocenters. The van der Waals surface area contributed by atoms with Gasteiger partial charge in [0.05, 0.1) is 0 Å². The molecule has 0 aliphatic rings. The van der Waals surface area contributed by atoms with Crippen LogP contribution in [0.5, 0.6) is 0 Å². The van der Waals surface area contributed by atoms with E-state index in [9.17, 15) is 0 Å². The van der Waals surface area contributed by atoms with Crippen molar-refractivity contribution < 1.29 is 0 Å². The molecule has 0 aliphatic heterocycles. The molecule has 3 rings (SSSR count). The topological polar surface area (TPSA) is 0 Å². The van der Waals surface area contributed by atoms with E-state index in [-0.39, 0.29) is 0 Å². The van der Waals surface area contributed by atoms with Crippen LogP contribution in [-0.2, 0) is 0 Å². The third-order valence-corrected chi connectivity index (χ3v) is 4.72. The third kappa shape index (κ3) is 2.42. The van der Waals surface area contributed by atoms with E-state index in [1.807, 2.05) is 12.1 Å². The lowest BCUT2D eigenvalue weighted by Gasteiger charge is -2.12. The van der Waals surface area contributed by atoms with Crippen molar-refractivity contribution in [1.82, 2.24) is 0 Å². The van der Waals surface area contributed by atoms with Gasteiger partial charge in [0.25, 0.3) is 0 Å². The fourth-order valence-electron chi connectivity index (χ4n) is 2.92. The summed E-state index contributed by atoms with van der Waals surface area (Å²) in [5, 5.41) is 4.89. The Morgan fingerprint density at radius 3 is 2.14 bits per heavy atom. The average molecular weight is 349 g/mol. The lowest BCUT2D eigenvalue weighted by atomic mass is 9.94. The van der Waals surface area contributed by atoms with Gasteiger partial charge < -0.3 is 0 Å². The number of hydrogen-bond donors (Lipinski definition) is 0. The Balaban J connectivity index is 2.65. The fourth-order valence-corrected chi connectivity index (χ4v) is 3.71. The Bertz CT molecular complexity index is 951. The molecule has 0 nitrogen and oxygen atoms in total. The summed E-state index contributed by atoms with van der Waals surface area (Å²) >= 11 is 3.78. The van der Waals surface area contributed by atoms with Crippen molar-refractivity contribution in [2.45, 2.75) is 6.92 Å². The number of hydrogen-bond acceptors (Lipinski definition) is 0. The minimum Gasteiger partial charge on any atom is -0.0990 e. The van der Waals surface area contributed by atoms with Gasteiger partial charge in [-0.2, -0.15) is 0 Å². The number of fused-ring (bicyclic) bond motifs is 1. The Labute approximate surface area is 139 Å². The van der Waals surface area contributed by atoms with Gasteiger partial charge in [-0.3, -0.25) is 0 Å². The summed E-state index contributed by atoms with van der Waals surface area (Å²) in [6, 6.07) is 19.1. The monoisotopic (exact) mass is 348 g/mol. The van der Waals surface area contributed by atoms with E-state index in [2.05, 4.69) is 90.1 Å². The van der Waals surface area contributed by atoms with Gasteiger partial charge in [-0.1, -0.05) is 79.4 Å². The summed E-state index contributed by atoms with van der Waals surface area (Å²) in [4.78, 5) is 0. The van der Waals surface area contributed by atoms with Gasteiger partial charge >= 0.3 is 0 Å². The molecular weight excluding hydrogens is 332 g/mol. The lowest BCUT2D eigenvalue weighted by molar-refractivity contribution is 1.50. The second-order valence-electron chi connectivity index (χ2n) is 5.12. The summed E-state index contributed by atoms with van der Waals surface area (Å²) in [5.74, 6) is 0. The molecule has 0 fully saturated rings. The maximum atomic E-state index is 3.89. The predicted molar refractivity (Wildman–Crippen MR) is 101 cm³/mol. The number of benzene rings is 3. The highest BCUT2D eigenvalue weighted by atomic mass is 79.9. The Hall–Kier alpha value is -2.12. The third-order valence-electron chi connectivity index (χ3n) is 3.86. The molecule has 0 radical (unpaired) electrons. The number of rotatable bonds is 2. The Kier molecular flexibility index (Phi) is 4.26. The zero-order chi connectivity index (χ0) is 15.5. The van der Waals surface area contributed by atoms with Crippen molar-refractivity contribution in [3.63, 3.8) is 0 Å². The maximum Gasteiger partial charge on any atom is 0.0329 e. The predicted octanol–water partition coefficient (Wildman–Crippen LogP) is 5.04. The molecule has 0 saturated heterocycles. The zero-order valence-corrected chi connectivity index (χ0v) is 14.1. The highest BCUT2D eigenvalue weighted by Crippen LogP contribution is 2.28. The van der Waals surface area contributed by atoms with E-state index < -0.39 is 0 Å². The summed E-state index contributed by atoms with van der Waals surface area (Å²) in [7, 11) is 0. The van der Waals surface area contributed by atoms with E-state index in [0.29, 0.717) is 0 Å². The van der Waals surface area contributed by atoms with E-state index >= 15 is 0 Å². The molecule has 0 spiro atoms. The van der Waals surface area contributed by atoms with Gasteiger partial charge in [0.1, 0.15) is 0 Å². The molecule has 0 aliphatic carbocycles. The standard InChI is InChI=1S/C21H17Br/c1-3-10-17-16(4-2)21(22)19-14-9-8-13-18(19)20(17)15-11-6-5-7-12-15/h3-14H,1H2,2H3/b16-4+,17-10+. The van der Waals surface area contributed by atoms with Crippen LogP contribution in [-0.4, -0.2) is 0 Å². The summed E-state index contributed by atoms with van der Waals surface area (Å²) in [6.45, 7) is 5.96. The molecule has 0 amide bonds. The minimum atomic E-state index is 1.14. The smallest absolute Gasteiger partial charge is 0.0329 e. The van der Waals surface area contributed by atoms with Crippen LogP contribution in [0.15, 0.2) is 71.7 Å². The lowest BCUT2D eigenvalue weighted by Crippen LogP contribution is -2.28. The molecule has 0 aromatic heterocycles. The molecule has 1 heteroatoms. The van der Waals surface area contributed by atoms with Crippen molar-refractivity contribution >= 4 is 38.9 Å². The van der Waals surface area contributed by atoms with Crippen LogP contribution in [0.25, 0.3) is 34.1 Å². The van der Waals surface area contributed by atoms with Crippen molar-refractivity contribution in [3.05, 3.63) is 82.2 Å². The van der Waals surface area contributed by atoms with Crippen LogP contribution in [0, 0.1) is 0 Å². The van der Waals surface area contributed by atoms with Crippen LogP contribution < -0.4 is 10.4 Å². The van der Waals surface area contributed by atoms with Gasteiger partial charge in [-0.15, -0.1) is 0 Å². The molecule has 0 bridgehead atoms. The molecule has 0 unspecified atom stereocenters. The van der Waals surface area contributed by atoms with Gasteiger partial charge in [-0.05, 0) is 55.2 Å². The second kappa shape index (κ2) is 6.33. The molecule has 22 heavy (non-hydrogen) atoms. The van der Waals surface area contributed by atoms with E-state index in [1.54, 1.807) is 0 Å². The van der Waals surface area contributed by atoms with Crippen LogP contribution in [0.2, 0.25) is 0 Å². The Morgan fingerprint density at radius 2 is 1.50 bits per heavy atom. The first-order valence-electron chi connectivity index (χ1n) is 7.32. The van der Waals surface area contributed by atoms with E-state index in [1.165, 1.54) is 32.3 Å². The fraction of sp³-hybridized carbons (Fsp3) is 0.0476. The molecule has 0 N–H and O–H groups in total. The zero-order valence-electron chi connectivity index (χ0n) is 12.5. The van der Waals surface area contributed by atoms with Gasteiger partial charge in [0, 0.05) is 4.47 Å². The highest BCUT2D eigenvalue weighted by Gasteiger charge is 2.10. The quantitative estimate of drug-likeness (QED) is 0.608. The SMILES string of the molecule is C=C/C=c1/c(-c2ccccc2)c2ccccc2c(Br)/c1=C/C. The van der Waals surface area contributed by atoms with Gasteiger partial charge in [-0.25, -0.2) is 0 Å². The van der Waals surface area contributed by atoms with Crippen molar-refractivity contribution in [2.24, 2.45) is 0 Å². The van der Waals surface area contributed by atoms with Crippen LogP contribution in [0.4, 0.5) is 0 Å². The summed E-state index contributed by atoms with van der Waals surface area (Å²) in [6.07, 6.45) is 6.10. The van der Waals surface area contributed by atoms with Crippen molar-refractivity contribution in [1.29, 1.82) is 0 Å². The van der Waals surface area contributed by atoms with Crippen LogP contribution in [0.3, 0.4) is 0 Å². The van der Waals surface area contributed by atoms with Crippen molar-refractivity contribution in [2.75, 3.05) is 0 Å². The molecule has 0 saturated carbocycles. The molecule has 3 aromatic rings. The van der Waals surface area contributed by atoms with Gasteiger partial charge in [0.15, 0.2) is 0 Å². The summed E-state index contributed by atoms with van der Waals surface area (Å²) in [5.41, 5.74) is 2.48. The molecule has 3 aromatic carbocycles. The average Bonchev–Trinajstić information content (AvgIpc) is 2.57. The first-order valence-corrected chi connectivity index (χ1v) is 8.12. The van der Waals surface area contributed by atoms with Crippen LogP contribution >= 0.6 is 15.9 Å². The van der Waals surface area contributed by atoms with E-state index in [0.717, 1.165) is 4.47 Å². The molecule has 108 valence electrons. The minimum absolute atomic E-state index is 1.14. The van der Waals surface area contributed by atoms with Crippen LogP contribution in [0.1, 0.15) is 6.92 Å². The normalized spacial score (nSPS) is 12.8. The Morgan fingerprint density at radius 1 is 0.864 bits per heavy atom.